The van der Waals surface area contributed by atoms with Crippen molar-refractivity contribution in [3.63, 3.8) is 0 Å². The summed E-state index contributed by atoms with van der Waals surface area (Å²) in [4.78, 5) is 4.35. The van der Waals surface area contributed by atoms with E-state index in [0.29, 0.717) is 0 Å². The van der Waals surface area contributed by atoms with Gasteiger partial charge in [0, 0.05) is 0 Å². The van der Waals surface area contributed by atoms with Crippen LogP contribution in [0.3, 0.4) is 0 Å². The number of fused-ring (bicyclic) bond motifs is 2. The molecule has 64 valence electrons. The average Bonchev–Trinajstić information content (AvgIpc) is 1.82. The van der Waals surface area contributed by atoms with E-state index >= 15 is 0 Å². The van der Waals surface area contributed by atoms with Crippen LogP contribution in [-0.4, -0.2) is 52.0 Å². The average molecular weight is 197 g/mol. The van der Waals surface area contributed by atoms with Gasteiger partial charge >= 0.3 is 0 Å². The maximum atomic E-state index is 5.85. The maximum Gasteiger partial charge on any atom is 0.0691 e. The van der Waals surface area contributed by atoms with Gasteiger partial charge in [0.15, 0.2) is 0 Å². The van der Waals surface area contributed by atoms with Gasteiger partial charge in [-0.2, -0.15) is 8.84 Å². The van der Waals surface area contributed by atoms with Crippen molar-refractivity contribution in [3.8, 4) is 0 Å². The third-order valence-corrected chi connectivity index (χ3v) is 2.24. The van der Waals surface area contributed by atoms with Gasteiger partial charge in [-0.3, -0.25) is 9.80 Å². The lowest BCUT2D eigenvalue weighted by Gasteiger charge is -2.45. The molecular formula is C5H10Cl2N4. The highest BCUT2D eigenvalue weighted by Crippen LogP contribution is 2.16. The van der Waals surface area contributed by atoms with Crippen LogP contribution in [0.4, 0.5) is 0 Å². The van der Waals surface area contributed by atoms with Crippen LogP contribution in [-0.2, 0) is 0 Å². The van der Waals surface area contributed by atoms with Crippen molar-refractivity contribution in [2.75, 3.05) is 33.3 Å². The van der Waals surface area contributed by atoms with Gasteiger partial charge in [0.2, 0.25) is 0 Å². The van der Waals surface area contributed by atoms with E-state index in [-0.39, 0.29) is 0 Å². The summed E-state index contributed by atoms with van der Waals surface area (Å²) in [6.45, 7) is 4.15. The molecule has 0 amide bonds. The Kier molecular flexibility index (Phi) is 2.23. The summed E-state index contributed by atoms with van der Waals surface area (Å²) >= 11 is 11.7. The molecule has 0 aromatic carbocycles. The Balaban J connectivity index is 2.00. The predicted molar refractivity (Wildman–Crippen MR) is 43.4 cm³/mol. The fourth-order valence-corrected chi connectivity index (χ4v) is 2.11. The largest absolute Gasteiger partial charge is 0.262 e. The molecule has 0 aliphatic carbocycles. The highest BCUT2D eigenvalue weighted by atomic mass is 35.5. The second kappa shape index (κ2) is 3.05. The van der Waals surface area contributed by atoms with Crippen LogP contribution >= 0.6 is 23.6 Å². The summed E-state index contributed by atoms with van der Waals surface area (Å²) in [6.07, 6.45) is 0. The summed E-state index contributed by atoms with van der Waals surface area (Å²) in [6, 6.07) is 0. The second-order valence-corrected chi connectivity index (χ2v) is 3.93. The number of halogens is 2. The molecule has 0 unspecified atom stereocenters. The summed E-state index contributed by atoms with van der Waals surface area (Å²) in [7, 11) is 0. The third-order valence-electron chi connectivity index (χ3n) is 1.81. The minimum absolute atomic E-state index is 0.793. The van der Waals surface area contributed by atoms with E-state index in [2.05, 4.69) is 9.80 Å². The zero-order valence-electron chi connectivity index (χ0n) is 6.08. The summed E-state index contributed by atoms with van der Waals surface area (Å²) in [5, 5.41) is 0. The van der Waals surface area contributed by atoms with Crippen LogP contribution < -0.4 is 0 Å². The molecule has 2 saturated heterocycles. The molecular weight excluding hydrogens is 187 g/mol. The molecule has 4 nitrogen and oxygen atoms in total. The van der Waals surface area contributed by atoms with E-state index < -0.39 is 0 Å². The topological polar surface area (TPSA) is 13.0 Å². The van der Waals surface area contributed by atoms with E-state index in [1.807, 2.05) is 0 Å². The molecule has 2 rings (SSSR count). The summed E-state index contributed by atoms with van der Waals surface area (Å²) in [5.41, 5.74) is 0. The Morgan fingerprint density at radius 2 is 1.00 bits per heavy atom. The van der Waals surface area contributed by atoms with Crippen LogP contribution in [0.2, 0.25) is 0 Å². The van der Waals surface area contributed by atoms with Crippen molar-refractivity contribution in [1.29, 1.82) is 0 Å². The van der Waals surface area contributed by atoms with Gasteiger partial charge in [-0.05, 0) is 23.6 Å². The standard InChI is InChI=1S/C5H10Cl2N4/c6-10-2-8-1-9(4-10)5-11(7)3-8/h1-5H2. The van der Waals surface area contributed by atoms with Gasteiger partial charge in [-0.15, -0.1) is 0 Å². The molecule has 0 spiro atoms. The van der Waals surface area contributed by atoms with Crippen molar-refractivity contribution in [1.82, 2.24) is 18.6 Å². The maximum absolute atomic E-state index is 5.85. The van der Waals surface area contributed by atoms with Crippen LogP contribution in [0.5, 0.6) is 0 Å². The highest BCUT2D eigenvalue weighted by Gasteiger charge is 2.28. The Morgan fingerprint density at radius 3 is 1.36 bits per heavy atom. The van der Waals surface area contributed by atoms with Crippen molar-refractivity contribution in [2.45, 2.75) is 0 Å². The monoisotopic (exact) mass is 196 g/mol. The fourth-order valence-electron chi connectivity index (χ4n) is 1.51. The smallest absolute Gasteiger partial charge is 0.0691 e. The number of nitrogens with zero attached hydrogens (tertiary/aromatic N) is 4. The molecule has 2 heterocycles. The first kappa shape index (κ1) is 8.04. The SMILES string of the molecule is ClN1CN2CN(Cl)CN(C1)C2. The lowest BCUT2D eigenvalue weighted by Crippen LogP contribution is -2.60. The fraction of sp³-hybridized carbons (Fsp3) is 1.00. The predicted octanol–water partition coefficient (Wildman–Crippen LogP) is 0.317. The van der Waals surface area contributed by atoms with Gasteiger partial charge in [-0.1, -0.05) is 0 Å². The van der Waals surface area contributed by atoms with Gasteiger partial charge < -0.3 is 0 Å². The Hall–Kier alpha value is 0.420. The number of hydrogen-bond acceptors (Lipinski definition) is 4. The molecule has 2 fully saturated rings. The molecule has 2 bridgehead atoms. The van der Waals surface area contributed by atoms with Crippen molar-refractivity contribution >= 4 is 23.6 Å². The van der Waals surface area contributed by atoms with E-state index in [0.717, 1.165) is 33.3 Å². The lowest BCUT2D eigenvalue weighted by molar-refractivity contribution is -0.0664. The minimum atomic E-state index is 0.793. The van der Waals surface area contributed by atoms with E-state index in [4.69, 9.17) is 23.6 Å². The molecule has 0 saturated carbocycles. The second-order valence-electron chi connectivity index (χ2n) is 2.97. The molecule has 0 aromatic rings. The molecule has 6 heteroatoms. The summed E-state index contributed by atoms with van der Waals surface area (Å²) < 4.78 is 3.51. The van der Waals surface area contributed by atoms with Gasteiger partial charge in [0.25, 0.3) is 0 Å². The first-order valence-electron chi connectivity index (χ1n) is 3.50. The van der Waals surface area contributed by atoms with Crippen LogP contribution in [0, 0.1) is 0 Å². The van der Waals surface area contributed by atoms with Crippen LogP contribution in [0.25, 0.3) is 0 Å². The normalized spacial score (nSPS) is 40.9. The molecule has 0 aromatic heterocycles. The number of rotatable bonds is 0. The Bertz CT molecular complexity index is 122. The van der Waals surface area contributed by atoms with Crippen molar-refractivity contribution in [3.05, 3.63) is 0 Å². The summed E-state index contributed by atoms with van der Waals surface area (Å²) in [5.74, 6) is 0. The molecule has 0 N–H and O–H groups in total. The molecule has 11 heavy (non-hydrogen) atoms. The van der Waals surface area contributed by atoms with Crippen molar-refractivity contribution in [2.24, 2.45) is 0 Å². The zero-order valence-corrected chi connectivity index (χ0v) is 7.59. The van der Waals surface area contributed by atoms with E-state index in [1.54, 1.807) is 8.84 Å². The Labute approximate surface area is 76.1 Å². The molecule has 2 aliphatic rings. The minimum Gasteiger partial charge on any atom is -0.262 e. The molecule has 0 radical (unpaired) electrons. The third kappa shape index (κ3) is 1.77. The molecule has 2 aliphatic heterocycles. The van der Waals surface area contributed by atoms with Crippen LogP contribution in [0.15, 0.2) is 0 Å². The van der Waals surface area contributed by atoms with Gasteiger partial charge in [0.05, 0.1) is 33.3 Å². The van der Waals surface area contributed by atoms with E-state index in [1.165, 1.54) is 0 Å². The zero-order chi connectivity index (χ0) is 7.84. The van der Waals surface area contributed by atoms with Gasteiger partial charge in [-0.25, -0.2) is 0 Å². The number of hydrogen-bond donors (Lipinski definition) is 0. The highest BCUT2D eigenvalue weighted by molar-refractivity contribution is 6.13. The quantitative estimate of drug-likeness (QED) is 0.518. The molecule has 0 atom stereocenters. The van der Waals surface area contributed by atoms with Gasteiger partial charge in [0.1, 0.15) is 0 Å². The first-order chi connectivity index (χ1) is 5.24. The van der Waals surface area contributed by atoms with Crippen molar-refractivity contribution < 1.29 is 0 Å². The lowest BCUT2D eigenvalue weighted by atomic mass is 10.5. The first-order valence-corrected chi connectivity index (χ1v) is 4.18. The Morgan fingerprint density at radius 1 is 0.636 bits per heavy atom. The van der Waals surface area contributed by atoms with Crippen LogP contribution in [0.1, 0.15) is 0 Å². The van der Waals surface area contributed by atoms with E-state index in [9.17, 15) is 0 Å².